The maximum absolute atomic E-state index is 15.7. The van der Waals surface area contributed by atoms with Gasteiger partial charge in [-0.2, -0.15) is 0 Å². The molecule has 45 heavy (non-hydrogen) atoms. The first-order chi connectivity index (χ1) is 21.6. The number of hydrogen-bond donors (Lipinski definition) is 2. The van der Waals surface area contributed by atoms with Gasteiger partial charge in [0.25, 0.3) is 5.91 Å². The van der Waals surface area contributed by atoms with Gasteiger partial charge in [0, 0.05) is 56.7 Å². The number of ketones is 1. The van der Waals surface area contributed by atoms with Crippen LogP contribution in [-0.4, -0.2) is 75.3 Å². The van der Waals surface area contributed by atoms with E-state index >= 15 is 4.39 Å². The van der Waals surface area contributed by atoms with Crippen molar-refractivity contribution in [2.24, 2.45) is 18.9 Å². The van der Waals surface area contributed by atoms with Crippen LogP contribution in [0.25, 0.3) is 10.9 Å². The number of aryl methyl sites for hydroxylation is 1. The summed E-state index contributed by atoms with van der Waals surface area (Å²) in [5.74, 6) is -3.49. The Balaban J connectivity index is 1.25. The molecule has 3 aromatic rings. The molecule has 240 valence electrons. The van der Waals surface area contributed by atoms with Crippen LogP contribution in [0.3, 0.4) is 0 Å². The van der Waals surface area contributed by atoms with E-state index in [0.717, 1.165) is 23.7 Å². The van der Waals surface area contributed by atoms with E-state index in [-0.39, 0.29) is 34.6 Å². The molecular formula is C34H40ClFN4O5. The number of nitrogens with one attached hydrogen (secondary N) is 1. The normalized spacial score (nSPS) is 22.7. The number of carbonyl (C=O) groups excluding carboxylic acids is 2. The van der Waals surface area contributed by atoms with Gasteiger partial charge in [0.05, 0.1) is 28.3 Å². The van der Waals surface area contributed by atoms with Crippen LogP contribution in [0, 0.1) is 17.7 Å². The molecule has 11 heteroatoms. The molecule has 1 atom stereocenters. The molecule has 3 aliphatic rings. The average molecular weight is 639 g/mol. The summed E-state index contributed by atoms with van der Waals surface area (Å²) in [4.78, 5) is 43.4. The Kier molecular flexibility index (Phi) is 9.03. The molecule has 1 unspecified atom stereocenters. The summed E-state index contributed by atoms with van der Waals surface area (Å²) < 4.78 is 24.4. The maximum Gasteiger partial charge on any atom is 0.306 e. The lowest BCUT2D eigenvalue weighted by Gasteiger charge is -2.55. The molecule has 2 aromatic carbocycles. The van der Waals surface area contributed by atoms with Crippen molar-refractivity contribution in [1.82, 2.24) is 14.4 Å². The largest absolute Gasteiger partial charge is 0.481 e. The van der Waals surface area contributed by atoms with Crippen LogP contribution in [0.2, 0.25) is 5.02 Å². The standard InChI is InChI=1S/C34H40ClFN4O5/c1-21-18-40(19-21)34(39-13-5-6-14-39,45-24-11-9-22(10-12-24)33(43)44)31(41)16-23-15-27(35)29(17-28(23)36)37-32(42)26-20-38(2)30-8-4-3-7-25(26)30/h3-4,7-8,15,17,20-22,24H,5-6,9-14,16,18-19H2,1-2H3,(H,37,42)(H,43,44). The van der Waals surface area contributed by atoms with E-state index in [1.807, 2.05) is 35.9 Å². The van der Waals surface area contributed by atoms with E-state index in [1.165, 1.54) is 12.1 Å². The topological polar surface area (TPSA) is 104 Å². The van der Waals surface area contributed by atoms with Crippen molar-refractivity contribution in [3.8, 4) is 0 Å². The lowest BCUT2D eigenvalue weighted by molar-refractivity contribution is -0.274. The summed E-state index contributed by atoms with van der Waals surface area (Å²) >= 11 is 6.60. The quantitative estimate of drug-likeness (QED) is 0.294. The molecule has 9 nitrogen and oxygen atoms in total. The first-order valence-corrected chi connectivity index (χ1v) is 16.2. The minimum atomic E-state index is -1.36. The average Bonchev–Trinajstić information content (AvgIpc) is 3.66. The number of fused-ring (bicyclic) bond motifs is 1. The highest BCUT2D eigenvalue weighted by Gasteiger charge is 2.55. The fourth-order valence-electron chi connectivity index (χ4n) is 7.21. The zero-order valence-electron chi connectivity index (χ0n) is 25.7. The van der Waals surface area contributed by atoms with Crippen LogP contribution in [0.5, 0.6) is 0 Å². The summed E-state index contributed by atoms with van der Waals surface area (Å²) in [6.45, 7) is 4.84. The minimum Gasteiger partial charge on any atom is -0.481 e. The fraction of sp³-hybridized carbons (Fsp3) is 0.500. The van der Waals surface area contributed by atoms with Crippen LogP contribution >= 0.6 is 11.6 Å². The number of aliphatic carboxylic acids is 1. The predicted octanol–water partition coefficient (Wildman–Crippen LogP) is 5.70. The Morgan fingerprint density at radius 3 is 2.42 bits per heavy atom. The van der Waals surface area contributed by atoms with Gasteiger partial charge < -0.3 is 19.7 Å². The SMILES string of the molecule is CC1CN(C(OC2CCC(C(=O)O)CC2)(C(=O)Cc2cc(Cl)c(NC(=O)c3cn(C)c4ccccc34)cc2F)N2CCCC2)C1. The smallest absolute Gasteiger partial charge is 0.306 e. The highest BCUT2D eigenvalue weighted by molar-refractivity contribution is 6.34. The van der Waals surface area contributed by atoms with Crippen molar-refractivity contribution in [3.05, 3.63) is 64.6 Å². The van der Waals surface area contributed by atoms with E-state index in [9.17, 15) is 19.5 Å². The Morgan fingerprint density at radius 2 is 1.76 bits per heavy atom. The second-order valence-corrected chi connectivity index (χ2v) is 13.3. The van der Waals surface area contributed by atoms with Gasteiger partial charge in [0.2, 0.25) is 5.85 Å². The molecular weight excluding hydrogens is 599 g/mol. The van der Waals surface area contributed by atoms with E-state index < -0.39 is 29.5 Å². The molecule has 1 saturated carbocycles. The van der Waals surface area contributed by atoms with Crippen molar-refractivity contribution in [3.63, 3.8) is 0 Å². The first-order valence-electron chi connectivity index (χ1n) is 15.8. The second kappa shape index (κ2) is 12.8. The van der Waals surface area contributed by atoms with Crippen LogP contribution < -0.4 is 5.32 Å². The molecule has 2 aliphatic heterocycles. The number of nitrogens with zero attached hydrogens (tertiary/aromatic N) is 3. The second-order valence-electron chi connectivity index (χ2n) is 12.9. The minimum absolute atomic E-state index is 0.122. The highest BCUT2D eigenvalue weighted by Crippen LogP contribution is 2.39. The molecule has 1 aliphatic carbocycles. The van der Waals surface area contributed by atoms with E-state index in [0.29, 0.717) is 63.3 Å². The predicted molar refractivity (Wildman–Crippen MR) is 170 cm³/mol. The third-order valence-corrected chi connectivity index (χ3v) is 9.93. The number of aromatic nitrogens is 1. The summed E-state index contributed by atoms with van der Waals surface area (Å²) in [6.07, 6.45) is 5.16. The molecule has 0 spiro atoms. The number of halogens is 2. The zero-order valence-corrected chi connectivity index (χ0v) is 26.5. The van der Waals surface area contributed by atoms with E-state index in [4.69, 9.17) is 16.3 Å². The number of Topliss-reactive ketones (excluding diaryl/α,β-unsaturated/α-hetero) is 1. The van der Waals surface area contributed by atoms with Crippen LogP contribution in [-0.2, 0) is 27.8 Å². The molecule has 6 rings (SSSR count). The van der Waals surface area contributed by atoms with Gasteiger partial charge in [-0.15, -0.1) is 0 Å². The van der Waals surface area contributed by atoms with Crippen molar-refractivity contribution in [2.75, 3.05) is 31.5 Å². The van der Waals surface area contributed by atoms with Crippen LogP contribution in [0.4, 0.5) is 10.1 Å². The molecule has 2 saturated heterocycles. The maximum atomic E-state index is 15.7. The number of anilines is 1. The van der Waals surface area contributed by atoms with Crippen LogP contribution in [0.15, 0.2) is 42.6 Å². The molecule has 0 radical (unpaired) electrons. The molecule has 1 aromatic heterocycles. The summed E-state index contributed by atoms with van der Waals surface area (Å²) in [5, 5.41) is 13.1. The Hall–Kier alpha value is -3.31. The monoisotopic (exact) mass is 638 g/mol. The van der Waals surface area contributed by atoms with Gasteiger partial charge in [-0.1, -0.05) is 36.7 Å². The van der Waals surface area contributed by atoms with E-state index in [2.05, 4.69) is 22.0 Å². The molecule has 3 fully saturated rings. The number of benzene rings is 2. The summed E-state index contributed by atoms with van der Waals surface area (Å²) in [6, 6.07) is 10.1. The Morgan fingerprint density at radius 1 is 1.07 bits per heavy atom. The van der Waals surface area contributed by atoms with Crippen LogP contribution in [0.1, 0.15) is 61.4 Å². The van der Waals surface area contributed by atoms with Crippen molar-refractivity contribution < 1.29 is 28.6 Å². The third kappa shape index (κ3) is 6.13. The number of carbonyl (C=O) groups is 3. The third-order valence-electron chi connectivity index (χ3n) is 9.62. The molecule has 1 amide bonds. The van der Waals surface area contributed by atoms with Gasteiger partial charge in [-0.05, 0) is 68.2 Å². The lowest BCUT2D eigenvalue weighted by atomic mass is 9.87. The van der Waals surface area contributed by atoms with Crippen molar-refractivity contribution in [1.29, 1.82) is 0 Å². The molecule has 0 bridgehead atoms. The molecule has 2 N–H and O–H groups in total. The first kappa shape index (κ1) is 31.7. The van der Waals surface area contributed by atoms with E-state index in [1.54, 1.807) is 6.20 Å². The lowest BCUT2D eigenvalue weighted by Crippen LogP contribution is -2.72. The van der Waals surface area contributed by atoms with Gasteiger partial charge >= 0.3 is 5.97 Å². The summed E-state index contributed by atoms with van der Waals surface area (Å²) in [5.41, 5.74) is 1.59. The van der Waals surface area contributed by atoms with Gasteiger partial charge in [-0.3, -0.25) is 24.2 Å². The number of carboxylic acid groups (broad SMARTS) is 1. The Labute approximate surface area is 267 Å². The number of hydrogen-bond acceptors (Lipinski definition) is 6. The number of amides is 1. The van der Waals surface area contributed by atoms with Gasteiger partial charge in [0.1, 0.15) is 5.82 Å². The highest BCUT2D eigenvalue weighted by atomic mass is 35.5. The Bertz CT molecular complexity index is 1610. The van der Waals surface area contributed by atoms with Gasteiger partial charge in [0.15, 0.2) is 5.78 Å². The van der Waals surface area contributed by atoms with Crippen molar-refractivity contribution >= 4 is 45.9 Å². The van der Waals surface area contributed by atoms with Gasteiger partial charge in [-0.25, -0.2) is 4.39 Å². The molecule has 3 heterocycles. The fourth-order valence-corrected chi connectivity index (χ4v) is 7.45. The zero-order chi connectivity index (χ0) is 31.9. The number of rotatable bonds is 10. The number of ether oxygens (including phenoxy) is 1. The number of likely N-dealkylation sites (tertiary alicyclic amines) is 2. The number of carboxylic acids is 1. The van der Waals surface area contributed by atoms with Crippen molar-refractivity contribution in [2.45, 2.75) is 63.8 Å². The summed E-state index contributed by atoms with van der Waals surface area (Å²) in [7, 11) is 1.85. The number of para-hydroxylation sites is 1.